The van der Waals surface area contributed by atoms with Gasteiger partial charge in [-0.25, -0.2) is 9.98 Å². The van der Waals surface area contributed by atoms with Gasteiger partial charge in [-0.05, 0) is 25.6 Å². The number of methoxy groups -OCH3 is 1. The van der Waals surface area contributed by atoms with Crippen molar-refractivity contribution in [3.8, 4) is 0 Å². The minimum atomic E-state index is 0. The molecule has 7 nitrogen and oxygen atoms in total. The highest BCUT2D eigenvalue weighted by Crippen LogP contribution is 2.13. The number of anilines is 1. The molecule has 0 aliphatic carbocycles. The molecule has 2 rings (SSSR count). The Morgan fingerprint density at radius 1 is 1.38 bits per heavy atom. The normalized spacial score (nSPS) is 17.3. The number of hydrogen-bond acceptors (Lipinski definition) is 5. The van der Waals surface area contributed by atoms with Crippen molar-refractivity contribution in [1.29, 1.82) is 0 Å². The van der Waals surface area contributed by atoms with Gasteiger partial charge in [0, 0.05) is 45.5 Å². The molecule has 0 amide bonds. The second-order valence-corrected chi connectivity index (χ2v) is 6.02. The van der Waals surface area contributed by atoms with Crippen LogP contribution in [0, 0.1) is 0 Å². The highest BCUT2D eigenvalue weighted by atomic mass is 127. The summed E-state index contributed by atoms with van der Waals surface area (Å²) in [4.78, 5) is 13.5. The molecule has 1 aliphatic heterocycles. The number of hydrogen-bond donors (Lipinski definition) is 2. The van der Waals surface area contributed by atoms with E-state index >= 15 is 0 Å². The SMILES string of the molecule is COCC(C)NC(N)=NCc1ccc(N2CCN(C)CC2)nc1.I. The molecule has 3 N–H and O–H groups in total. The largest absolute Gasteiger partial charge is 0.383 e. The summed E-state index contributed by atoms with van der Waals surface area (Å²) in [5.41, 5.74) is 6.91. The first-order valence-electron chi connectivity index (χ1n) is 8.02. The number of halogens is 1. The number of nitrogens with one attached hydrogen (secondary N) is 1. The van der Waals surface area contributed by atoms with Crippen LogP contribution in [0.2, 0.25) is 0 Å². The molecule has 2 heterocycles. The molecule has 136 valence electrons. The topological polar surface area (TPSA) is 79.0 Å². The number of aromatic nitrogens is 1. The molecule has 1 saturated heterocycles. The van der Waals surface area contributed by atoms with Crippen molar-refractivity contribution in [2.45, 2.75) is 19.5 Å². The molecule has 24 heavy (non-hydrogen) atoms. The maximum Gasteiger partial charge on any atom is 0.189 e. The molecule has 0 spiro atoms. The zero-order chi connectivity index (χ0) is 16.7. The number of nitrogens with two attached hydrogens (primary N) is 1. The van der Waals surface area contributed by atoms with Crippen LogP contribution < -0.4 is 16.0 Å². The fraction of sp³-hybridized carbons (Fsp3) is 0.625. The van der Waals surface area contributed by atoms with Gasteiger partial charge in [0.25, 0.3) is 0 Å². The Morgan fingerprint density at radius 2 is 2.08 bits per heavy atom. The van der Waals surface area contributed by atoms with Gasteiger partial charge in [-0.15, -0.1) is 24.0 Å². The van der Waals surface area contributed by atoms with Crippen LogP contribution in [0.15, 0.2) is 23.3 Å². The first-order valence-corrected chi connectivity index (χ1v) is 8.02. The van der Waals surface area contributed by atoms with E-state index in [4.69, 9.17) is 10.5 Å². The number of likely N-dealkylation sites (N-methyl/N-ethyl adjacent to an activating group) is 1. The van der Waals surface area contributed by atoms with E-state index in [0.717, 1.165) is 37.6 Å². The summed E-state index contributed by atoms with van der Waals surface area (Å²) < 4.78 is 5.05. The van der Waals surface area contributed by atoms with Gasteiger partial charge in [-0.2, -0.15) is 0 Å². The van der Waals surface area contributed by atoms with Crippen molar-refractivity contribution in [2.24, 2.45) is 10.7 Å². The van der Waals surface area contributed by atoms with Gasteiger partial charge in [0.2, 0.25) is 0 Å². The van der Waals surface area contributed by atoms with Crippen molar-refractivity contribution in [2.75, 3.05) is 51.8 Å². The third-order valence-electron chi connectivity index (χ3n) is 3.88. The van der Waals surface area contributed by atoms with E-state index in [9.17, 15) is 0 Å². The van der Waals surface area contributed by atoms with Crippen molar-refractivity contribution in [3.63, 3.8) is 0 Å². The second-order valence-electron chi connectivity index (χ2n) is 6.02. The molecule has 0 saturated carbocycles. The number of ether oxygens (including phenoxy) is 1. The first-order chi connectivity index (χ1) is 11.1. The summed E-state index contributed by atoms with van der Waals surface area (Å²) >= 11 is 0. The quantitative estimate of drug-likeness (QED) is 0.383. The lowest BCUT2D eigenvalue weighted by molar-refractivity contribution is 0.179. The van der Waals surface area contributed by atoms with E-state index < -0.39 is 0 Å². The Balaban J connectivity index is 0.00000288. The van der Waals surface area contributed by atoms with E-state index in [1.807, 2.05) is 13.1 Å². The summed E-state index contributed by atoms with van der Waals surface area (Å²) in [6.45, 7) is 7.32. The third kappa shape index (κ3) is 6.78. The number of guanidine groups is 1. The fourth-order valence-corrected chi connectivity index (χ4v) is 2.50. The van der Waals surface area contributed by atoms with E-state index in [0.29, 0.717) is 19.1 Å². The van der Waals surface area contributed by atoms with Crippen LogP contribution in [0.3, 0.4) is 0 Å². The molecule has 1 aromatic rings. The van der Waals surface area contributed by atoms with Crippen LogP contribution in [-0.2, 0) is 11.3 Å². The molecule has 1 aliphatic rings. The smallest absolute Gasteiger partial charge is 0.189 e. The van der Waals surface area contributed by atoms with Crippen LogP contribution in [0.5, 0.6) is 0 Å². The Bertz CT molecular complexity index is 502. The Labute approximate surface area is 161 Å². The molecule has 0 bridgehead atoms. The average molecular weight is 448 g/mol. The van der Waals surface area contributed by atoms with Gasteiger partial charge in [0.15, 0.2) is 5.96 Å². The molecule has 1 aromatic heterocycles. The summed E-state index contributed by atoms with van der Waals surface area (Å²) in [5, 5.41) is 3.09. The first kappa shape index (κ1) is 20.9. The van der Waals surface area contributed by atoms with Crippen molar-refractivity contribution in [1.82, 2.24) is 15.2 Å². The lowest BCUT2D eigenvalue weighted by Crippen LogP contribution is -2.44. The van der Waals surface area contributed by atoms with Gasteiger partial charge < -0.3 is 25.6 Å². The number of aliphatic imine (C=N–C) groups is 1. The zero-order valence-electron chi connectivity index (χ0n) is 14.7. The predicted molar refractivity (Wildman–Crippen MR) is 109 cm³/mol. The molecule has 1 atom stereocenters. The predicted octanol–water partition coefficient (Wildman–Crippen LogP) is 0.891. The van der Waals surface area contributed by atoms with E-state index in [2.05, 4.69) is 44.3 Å². The molecule has 1 unspecified atom stereocenters. The van der Waals surface area contributed by atoms with Crippen molar-refractivity contribution < 1.29 is 4.74 Å². The second kappa shape index (κ2) is 10.7. The van der Waals surface area contributed by atoms with E-state index in [1.165, 1.54) is 0 Å². The zero-order valence-corrected chi connectivity index (χ0v) is 17.1. The molecule has 0 radical (unpaired) electrons. The minimum absolute atomic E-state index is 0. The molecular formula is C16H29IN6O. The van der Waals surface area contributed by atoms with Gasteiger partial charge in [0.05, 0.1) is 13.2 Å². The van der Waals surface area contributed by atoms with Gasteiger partial charge in [-0.1, -0.05) is 6.07 Å². The Morgan fingerprint density at radius 3 is 2.67 bits per heavy atom. The van der Waals surface area contributed by atoms with Gasteiger partial charge in [0.1, 0.15) is 5.82 Å². The summed E-state index contributed by atoms with van der Waals surface area (Å²) in [6.07, 6.45) is 1.88. The minimum Gasteiger partial charge on any atom is -0.383 e. The van der Waals surface area contributed by atoms with Crippen molar-refractivity contribution >= 4 is 35.8 Å². The van der Waals surface area contributed by atoms with Crippen molar-refractivity contribution in [3.05, 3.63) is 23.9 Å². The fourth-order valence-electron chi connectivity index (χ4n) is 2.50. The van der Waals surface area contributed by atoms with Gasteiger partial charge in [-0.3, -0.25) is 0 Å². The molecule has 8 heteroatoms. The Hall–Kier alpha value is -1.13. The van der Waals surface area contributed by atoms with Crippen LogP contribution in [-0.4, -0.2) is 68.8 Å². The van der Waals surface area contributed by atoms with Gasteiger partial charge >= 0.3 is 0 Å². The highest BCUT2D eigenvalue weighted by molar-refractivity contribution is 14.0. The number of pyridine rings is 1. The summed E-state index contributed by atoms with van der Waals surface area (Å²) in [6, 6.07) is 4.27. The molecular weight excluding hydrogens is 419 g/mol. The molecule has 1 fully saturated rings. The van der Waals surface area contributed by atoms with Crippen LogP contribution >= 0.6 is 24.0 Å². The van der Waals surface area contributed by atoms with Crippen LogP contribution in [0.4, 0.5) is 5.82 Å². The maximum absolute atomic E-state index is 5.86. The number of piperazine rings is 1. The Kier molecular flexibility index (Phi) is 9.30. The maximum atomic E-state index is 5.86. The van der Waals surface area contributed by atoms with Crippen LogP contribution in [0.25, 0.3) is 0 Å². The standard InChI is InChI=1S/C16H28N6O.HI/c1-13(12-23-3)20-16(17)19-11-14-4-5-15(18-10-14)22-8-6-21(2)7-9-22;/h4-5,10,13H,6-9,11-12H2,1-3H3,(H3,17,19,20);1H. The van der Waals surface area contributed by atoms with Crippen LogP contribution in [0.1, 0.15) is 12.5 Å². The lowest BCUT2D eigenvalue weighted by atomic mass is 10.2. The third-order valence-corrected chi connectivity index (χ3v) is 3.88. The monoisotopic (exact) mass is 448 g/mol. The van der Waals surface area contributed by atoms with E-state index in [1.54, 1.807) is 7.11 Å². The summed E-state index contributed by atoms with van der Waals surface area (Å²) in [5.74, 6) is 1.46. The average Bonchev–Trinajstić information content (AvgIpc) is 2.54. The highest BCUT2D eigenvalue weighted by Gasteiger charge is 2.14. The lowest BCUT2D eigenvalue weighted by Gasteiger charge is -2.33. The number of nitrogens with zero attached hydrogens (tertiary/aromatic N) is 4. The summed E-state index contributed by atoms with van der Waals surface area (Å²) in [7, 11) is 3.82. The molecule has 0 aromatic carbocycles. The van der Waals surface area contributed by atoms with E-state index in [-0.39, 0.29) is 30.0 Å². The number of rotatable bonds is 6.